The van der Waals surface area contributed by atoms with E-state index in [1.807, 2.05) is 0 Å². The highest BCUT2D eigenvalue weighted by molar-refractivity contribution is 9.10. The molecule has 0 saturated carbocycles. The van der Waals surface area contributed by atoms with Gasteiger partial charge in [-0.2, -0.15) is 0 Å². The van der Waals surface area contributed by atoms with Crippen LogP contribution in [0, 0.1) is 17.5 Å². The van der Waals surface area contributed by atoms with E-state index in [9.17, 15) is 13.2 Å². The van der Waals surface area contributed by atoms with E-state index in [-0.39, 0.29) is 15.7 Å². The van der Waals surface area contributed by atoms with Gasteiger partial charge in [-0.25, -0.2) is 13.2 Å². The van der Waals surface area contributed by atoms with E-state index in [2.05, 4.69) is 15.9 Å². The van der Waals surface area contributed by atoms with Crippen LogP contribution < -0.4 is 5.73 Å². The minimum absolute atomic E-state index is 0.104. The van der Waals surface area contributed by atoms with Crippen molar-refractivity contribution in [3.8, 4) is 11.1 Å². The van der Waals surface area contributed by atoms with Gasteiger partial charge in [-0.05, 0) is 28.1 Å². The van der Waals surface area contributed by atoms with Gasteiger partial charge in [0.1, 0.15) is 11.6 Å². The van der Waals surface area contributed by atoms with E-state index < -0.39 is 23.0 Å². The van der Waals surface area contributed by atoms with Crippen molar-refractivity contribution in [2.24, 2.45) is 0 Å². The number of rotatable bonds is 1. The molecule has 2 rings (SSSR count). The van der Waals surface area contributed by atoms with Crippen LogP contribution in [0.1, 0.15) is 0 Å². The molecule has 0 saturated heterocycles. The van der Waals surface area contributed by atoms with Crippen LogP contribution >= 0.6 is 15.9 Å². The predicted octanol–water partition coefficient (Wildman–Crippen LogP) is 4.12. The lowest BCUT2D eigenvalue weighted by atomic mass is 10.0. The predicted molar refractivity (Wildman–Crippen MR) is 63.9 cm³/mol. The summed E-state index contributed by atoms with van der Waals surface area (Å²) in [4.78, 5) is 0. The number of anilines is 1. The summed E-state index contributed by atoms with van der Waals surface area (Å²) in [6.45, 7) is 0. The third-order valence-electron chi connectivity index (χ3n) is 2.35. The maximum Gasteiger partial charge on any atom is 0.158 e. The van der Waals surface area contributed by atoms with Gasteiger partial charge in [0.25, 0.3) is 0 Å². The number of hydrogen-bond donors (Lipinski definition) is 1. The van der Waals surface area contributed by atoms with Crippen LogP contribution in [0.3, 0.4) is 0 Å². The summed E-state index contributed by atoms with van der Waals surface area (Å²) in [5, 5.41) is 0. The molecular formula is C12H7BrF3N. The number of nitrogen functional groups attached to an aromatic ring is 1. The molecule has 0 atom stereocenters. The Hall–Kier alpha value is -1.49. The lowest BCUT2D eigenvalue weighted by Gasteiger charge is -2.09. The molecule has 0 aromatic heterocycles. The van der Waals surface area contributed by atoms with Crippen molar-refractivity contribution in [2.75, 3.05) is 5.73 Å². The third-order valence-corrected chi connectivity index (χ3v) is 3.00. The van der Waals surface area contributed by atoms with Crippen molar-refractivity contribution in [3.63, 3.8) is 0 Å². The molecular weight excluding hydrogens is 295 g/mol. The monoisotopic (exact) mass is 301 g/mol. The van der Waals surface area contributed by atoms with Crippen LogP contribution in [-0.4, -0.2) is 0 Å². The Bertz CT molecular complexity index is 584. The van der Waals surface area contributed by atoms with Gasteiger partial charge in [-0.15, -0.1) is 0 Å². The summed E-state index contributed by atoms with van der Waals surface area (Å²) in [6, 6.07) is 6.38. The minimum Gasteiger partial charge on any atom is -0.395 e. The second-order valence-corrected chi connectivity index (χ2v) is 4.28. The largest absolute Gasteiger partial charge is 0.395 e. The minimum atomic E-state index is -0.970. The molecule has 0 amide bonds. The molecule has 0 unspecified atom stereocenters. The van der Waals surface area contributed by atoms with Crippen molar-refractivity contribution < 1.29 is 13.2 Å². The molecule has 1 nitrogen and oxygen atoms in total. The molecule has 0 aliphatic rings. The molecule has 2 N–H and O–H groups in total. The quantitative estimate of drug-likeness (QED) is 0.788. The zero-order valence-electron chi connectivity index (χ0n) is 8.48. The van der Waals surface area contributed by atoms with E-state index in [1.54, 1.807) is 0 Å². The van der Waals surface area contributed by atoms with Crippen LogP contribution in [0.15, 0.2) is 34.8 Å². The van der Waals surface area contributed by atoms with Crippen LogP contribution in [0.2, 0.25) is 0 Å². The molecule has 0 spiro atoms. The summed E-state index contributed by atoms with van der Waals surface area (Å²) in [6.07, 6.45) is 0. The fourth-order valence-corrected chi connectivity index (χ4v) is 1.89. The Morgan fingerprint density at radius 2 is 1.65 bits per heavy atom. The fourth-order valence-electron chi connectivity index (χ4n) is 1.52. The van der Waals surface area contributed by atoms with E-state index in [0.717, 1.165) is 12.1 Å². The first-order chi connectivity index (χ1) is 8.02. The molecule has 88 valence electrons. The Morgan fingerprint density at radius 3 is 2.29 bits per heavy atom. The van der Waals surface area contributed by atoms with Crippen LogP contribution in [-0.2, 0) is 0 Å². The summed E-state index contributed by atoms with van der Waals surface area (Å²) in [5.41, 5.74) is 4.58. The van der Waals surface area contributed by atoms with E-state index in [1.165, 1.54) is 18.2 Å². The summed E-state index contributed by atoms with van der Waals surface area (Å²) < 4.78 is 41.1. The Labute approximate surface area is 104 Å². The summed E-state index contributed by atoms with van der Waals surface area (Å²) in [5.74, 6) is -2.54. The zero-order valence-corrected chi connectivity index (χ0v) is 10.1. The molecule has 0 radical (unpaired) electrons. The number of benzene rings is 2. The topological polar surface area (TPSA) is 26.0 Å². The van der Waals surface area contributed by atoms with E-state index >= 15 is 0 Å². The summed E-state index contributed by atoms with van der Waals surface area (Å²) in [7, 11) is 0. The molecule has 0 heterocycles. The van der Waals surface area contributed by atoms with Crippen molar-refractivity contribution in [1.82, 2.24) is 0 Å². The smallest absolute Gasteiger partial charge is 0.158 e. The van der Waals surface area contributed by atoms with Gasteiger partial charge >= 0.3 is 0 Å². The second kappa shape index (κ2) is 4.41. The Morgan fingerprint density at radius 1 is 1.00 bits per heavy atom. The van der Waals surface area contributed by atoms with Gasteiger partial charge in [0.15, 0.2) is 5.82 Å². The fraction of sp³-hybridized carbons (Fsp3) is 0. The highest BCUT2D eigenvalue weighted by Crippen LogP contribution is 2.35. The average Bonchev–Trinajstić information content (AvgIpc) is 2.29. The van der Waals surface area contributed by atoms with Gasteiger partial charge in [-0.3, -0.25) is 0 Å². The lowest BCUT2D eigenvalue weighted by Crippen LogP contribution is -1.99. The van der Waals surface area contributed by atoms with Gasteiger partial charge in [0, 0.05) is 10.0 Å². The van der Waals surface area contributed by atoms with Gasteiger partial charge in [-0.1, -0.05) is 18.2 Å². The molecule has 5 heteroatoms. The first-order valence-corrected chi connectivity index (χ1v) is 5.49. The van der Waals surface area contributed by atoms with Crippen LogP contribution in [0.4, 0.5) is 18.9 Å². The number of hydrogen-bond acceptors (Lipinski definition) is 1. The first-order valence-electron chi connectivity index (χ1n) is 4.70. The first kappa shape index (κ1) is 12.0. The second-order valence-electron chi connectivity index (χ2n) is 3.42. The third kappa shape index (κ3) is 2.02. The molecule has 0 aliphatic carbocycles. The van der Waals surface area contributed by atoms with E-state index in [0.29, 0.717) is 0 Å². The SMILES string of the molecule is Nc1c(Br)cc(F)c(-c2ccccc2F)c1F. The Kier molecular flexibility index (Phi) is 3.11. The van der Waals surface area contributed by atoms with Gasteiger partial charge < -0.3 is 5.73 Å². The average molecular weight is 302 g/mol. The number of halogens is 4. The van der Waals surface area contributed by atoms with Gasteiger partial charge in [0.2, 0.25) is 0 Å². The highest BCUT2D eigenvalue weighted by atomic mass is 79.9. The normalized spacial score (nSPS) is 10.6. The molecule has 0 aliphatic heterocycles. The highest BCUT2D eigenvalue weighted by Gasteiger charge is 2.19. The molecule has 2 aromatic rings. The van der Waals surface area contributed by atoms with E-state index in [4.69, 9.17) is 5.73 Å². The maximum atomic E-state index is 13.8. The van der Waals surface area contributed by atoms with Gasteiger partial charge in [0.05, 0.1) is 11.3 Å². The van der Waals surface area contributed by atoms with Crippen molar-refractivity contribution >= 4 is 21.6 Å². The van der Waals surface area contributed by atoms with Crippen LogP contribution in [0.5, 0.6) is 0 Å². The Balaban J connectivity index is 2.77. The zero-order chi connectivity index (χ0) is 12.6. The lowest BCUT2D eigenvalue weighted by molar-refractivity contribution is 0.583. The molecule has 17 heavy (non-hydrogen) atoms. The molecule has 0 bridgehead atoms. The van der Waals surface area contributed by atoms with Crippen molar-refractivity contribution in [1.29, 1.82) is 0 Å². The molecule has 2 aromatic carbocycles. The standard InChI is InChI=1S/C12H7BrF3N/c13-7-5-9(15)10(11(16)12(7)17)6-3-1-2-4-8(6)14/h1-5H,17H2. The molecule has 0 fully saturated rings. The maximum absolute atomic E-state index is 13.8. The van der Waals surface area contributed by atoms with Crippen molar-refractivity contribution in [2.45, 2.75) is 0 Å². The summed E-state index contributed by atoms with van der Waals surface area (Å²) >= 11 is 2.92. The number of nitrogens with two attached hydrogens (primary N) is 1. The van der Waals surface area contributed by atoms with Crippen molar-refractivity contribution in [3.05, 3.63) is 52.3 Å². The van der Waals surface area contributed by atoms with Crippen LogP contribution in [0.25, 0.3) is 11.1 Å².